The van der Waals surface area contributed by atoms with Gasteiger partial charge < -0.3 is 33.9 Å². The van der Waals surface area contributed by atoms with Crippen LogP contribution in [-0.2, 0) is 13.9 Å². The summed E-state index contributed by atoms with van der Waals surface area (Å²) in [6, 6.07) is 0. The van der Waals surface area contributed by atoms with Crippen molar-refractivity contribution in [2.24, 2.45) is 0 Å². The van der Waals surface area contributed by atoms with E-state index < -0.39 is 26.6 Å². The standard InChI is InChI=1S/C4H9O7P.2Na/c5-1-3(6)4(7)2-11-12(8,9)10;;/h1,3-4,6-7H,2H2,(H2,8,9,10);;/q;2*+1/p-2/t3-,4+;;/m0../s1. The summed E-state index contributed by atoms with van der Waals surface area (Å²) in [6.45, 7) is -0.926. The van der Waals surface area contributed by atoms with Crippen LogP contribution in [-0.4, -0.2) is 35.3 Å². The normalized spacial score (nSPS) is 14.6. The molecule has 0 fully saturated rings. The van der Waals surface area contributed by atoms with Gasteiger partial charge >= 0.3 is 59.1 Å². The van der Waals surface area contributed by atoms with Crippen molar-refractivity contribution < 1.29 is 93.0 Å². The van der Waals surface area contributed by atoms with Crippen LogP contribution < -0.4 is 68.9 Å². The second kappa shape index (κ2) is 9.89. The van der Waals surface area contributed by atoms with Gasteiger partial charge in [-0.1, -0.05) is 0 Å². The average Bonchev–Trinajstić information content (AvgIpc) is 1.97. The van der Waals surface area contributed by atoms with Crippen LogP contribution in [0.3, 0.4) is 0 Å². The molecule has 0 radical (unpaired) electrons. The van der Waals surface area contributed by atoms with E-state index in [9.17, 15) is 19.1 Å². The van der Waals surface area contributed by atoms with Crippen molar-refractivity contribution in [2.75, 3.05) is 6.61 Å². The molecule has 2 N–H and O–H groups in total. The molecule has 0 unspecified atom stereocenters. The fourth-order valence-corrected chi connectivity index (χ4v) is 0.692. The smallest absolute Gasteiger partial charge is 0.790 e. The van der Waals surface area contributed by atoms with E-state index in [1.807, 2.05) is 0 Å². The summed E-state index contributed by atoms with van der Waals surface area (Å²) < 4.78 is 13.4. The molecule has 0 rings (SSSR count). The van der Waals surface area contributed by atoms with Crippen molar-refractivity contribution in [2.45, 2.75) is 12.2 Å². The van der Waals surface area contributed by atoms with E-state index in [2.05, 4.69) is 4.52 Å². The van der Waals surface area contributed by atoms with Crippen molar-refractivity contribution in [3.63, 3.8) is 0 Å². The van der Waals surface area contributed by atoms with Gasteiger partial charge in [-0.05, 0) is 0 Å². The number of carbonyl (C=O) groups excluding carboxylic acids is 1. The second-order valence-electron chi connectivity index (χ2n) is 1.94. The van der Waals surface area contributed by atoms with Gasteiger partial charge in [-0.25, -0.2) is 0 Å². The topological polar surface area (TPSA) is 130 Å². The predicted octanol–water partition coefficient (Wildman–Crippen LogP) is -9.24. The zero-order valence-corrected chi connectivity index (χ0v) is 12.7. The van der Waals surface area contributed by atoms with E-state index >= 15 is 0 Å². The first-order valence-electron chi connectivity index (χ1n) is 2.85. The molecule has 0 aliphatic carbocycles. The summed E-state index contributed by atoms with van der Waals surface area (Å²) in [5.74, 6) is 0. The number of phosphoric ester groups is 1. The summed E-state index contributed by atoms with van der Waals surface area (Å²) in [5.41, 5.74) is 0. The summed E-state index contributed by atoms with van der Waals surface area (Å²) in [4.78, 5) is 29.4. The minimum Gasteiger partial charge on any atom is -0.790 e. The second-order valence-corrected chi connectivity index (χ2v) is 3.09. The van der Waals surface area contributed by atoms with Gasteiger partial charge in [-0.15, -0.1) is 0 Å². The fraction of sp³-hybridized carbons (Fsp3) is 0.750. The summed E-state index contributed by atoms with van der Waals surface area (Å²) in [6.07, 6.45) is -3.47. The maximum atomic E-state index is 9.82. The molecule has 0 saturated heterocycles. The molecule has 10 heteroatoms. The number of hydrogen-bond donors (Lipinski definition) is 2. The first kappa shape index (κ1) is 21.0. The van der Waals surface area contributed by atoms with Crippen LogP contribution in [0.25, 0.3) is 0 Å². The number of aldehydes is 1. The number of carbonyl (C=O) groups is 1. The molecule has 0 aromatic heterocycles. The van der Waals surface area contributed by atoms with Crippen LogP contribution in [0.2, 0.25) is 0 Å². The van der Waals surface area contributed by atoms with Crippen LogP contribution in [0, 0.1) is 0 Å². The number of rotatable bonds is 5. The van der Waals surface area contributed by atoms with Crippen LogP contribution in [0.5, 0.6) is 0 Å². The van der Waals surface area contributed by atoms with Crippen molar-refractivity contribution >= 4 is 14.1 Å². The quantitative estimate of drug-likeness (QED) is 0.279. The summed E-state index contributed by atoms with van der Waals surface area (Å²) >= 11 is 0. The van der Waals surface area contributed by atoms with E-state index in [1.54, 1.807) is 0 Å². The maximum absolute atomic E-state index is 9.82. The van der Waals surface area contributed by atoms with E-state index in [-0.39, 0.29) is 65.4 Å². The monoisotopic (exact) mass is 244 g/mol. The number of aliphatic hydroxyl groups excluding tert-OH is 2. The first-order chi connectivity index (χ1) is 5.37. The van der Waals surface area contributed by atoms with Crippen molar-refractivity contribution in [3.05, 3.63) is 0 Å². The van der Waals surface area contributed by atoms with Gasteiger partial charge in [-0.2, -0.15) is 0 Å². The predicted molar refractivity (Wildman–Crippen MR) is 31.6 cm³/mol. The van der Waals surface area contributed by atoms with E-state index in [1.165, 1.54) is 0 Å². The Kier molecular flexibility index (Phi) is 14.9. The molecule has 14 heavy (non-hydrogen) atoms. The van der Waals surface area contributed by atoms with Gasteiger partial charge in [-0.3, -0.25) is 0 Å². The Morgan fingerprint density at radius 1 is 1.36 bits per heavy atom. The van der Waals surface area contributed by atoms with Crippen LogP contribution >= 0.6 is 7.82 Å². The molecule has 0 aliphatic rings. The molecular weight excluding hydrogens is 237 g/mol. The summed E-state index contributed by atoms with van der Waals surface area (Å²) in [7, 11) is -5.16. The molecule has 0 aromatic carbocycles. The average molecular weight is 244 g/mol. The van der Waals surface area contributed by atoms with E-state index in [0.29, 0.717) is 0 Å². The third-order valence-electron chi connectivity index (χ3n) is 0.937. The number of phosphoric acid groups is 1. The Hall–Kier alpha value is 1.70. The largest absolute Gasteiger partial charge is 1.00 e. The van der Waals surface area contributed by atoms with Gasteiger partial charge in [0.25, 0.3) is 0 Å². The molecule has 0 aliphatic heterocycles. The molecule has 0 aromatic rings. The zero-order valence-electron chi connectivity index (χ0n) is 7.82. The Bertz CT molecular complexity index is 194. The SMILES string of the molecule is O=C[C@H](O)[C@H](O)COP(=O)([O-])[O-].[Na+].[Na+]. The van der Waals surface area contributed by atoms with Crippen molar-refractivity contribution in [1.82, 2.24) is 0 Å². The third kappa shape index (κ3) is 11.8. The van der Waals surface area contributed by atoms with Gasteiger partial charge in [0, 0.05) is 0 Å². The molecule has 0 heterocycles. The third-order valence-corrected chi connectivity index (χ3v) is 1.40. The molecule has 7 nitrogen and oxygen atoms in total. The Morgan fingerprint density at radius 2 is 1.79 bits per heavy atom. The van der Waals surface area contributed by atoms with Crippen LogP contribution in [0.15, 0.2) is 0 Å². The number of aliphatic hydroxyl groups is 2. The van der Waals surface area contributed by atoms with Gasteiger partial charge in [0.1, 0.15) is 12.2 Å². The number of hydrogen-bond acceptors (Lipinski definition) is 7. The molecule has 2 atom stereocenters. The Morgan fingerprint density at radius 3 is 2.07 bits per heavy atom. The van der Waals surface area contributed by atoms with Gasteiger partial charge in [0.2, 0.25) is 0 Å². The Labute approximate surface area is 125 Å². The minimum absolute atomic E-state index is 0. The van der Waals surface area contributed by atoms with Gasteiger partial charge in [0.15, 0.2) is 6.29 Å². The van der Waals surface area contributed by atoms with E-state index in [0.717, 1.165) is 0 Å². The van der Waals surface area contributed by atoms with Crippen LogP contribution in [0.1, 0.15) is 0 Å². The van der Waals surface area contributed by atoms with E-state index in [4.69, 9.17) is 10.2 Å². The fourth-order valence-electron chi connectivity index (χ4n) is 0.357. The summed E-state index contributed by atoms with van der Waals surface area (Å²) in [5, 5.41) is 17.2. The maximum Gasteiger partial charge on any atom is 1.00 e. The van der Waals surface area contributed by atoms with Crippen LogP contribution in [0.4, 0.5) is 0 Å². The molecule has 72 valence electrons. The van der Waals surface area contributed by atoms with Crippen molar-refractivity contribution in [1.29, 1.82) is 0 Å². The minimum atomic E-state index is -5.16. The molecule has 0 spiro atoms. The first-order valence-corrected chi connectivity index (χ1v) is 4.31. The molecule has 0 bridgehead atoms. The Balaban J connectivity index is -0.000000605. The zero-order chi connectivity index (χ0) is 9.78. The molecular formula is C4H7Na2O7P. The van der Waals surface area contributed by atoms with Gasteiger partial charge in [0.05, 0.1) is 14.4 Å². The molecule has 0 amide bonds. The van der Waals surface area contributed by atoms with Crippen molar-refractivity contribution in [3.8, 4) is 0 Å². The molecule has 0 saturated carbocycles.